The zero-order valence-electron chi connectivity index (χ0n) is 14.0. The molecule has 0 aromatic heterocycles. The van der Waals surface area contributed by atoms with Crippen LogP contribution < -0.4 is 5.32 Å². The van der Waals surface area contributed by atoms with Gasteiger partial charge in [-0.05, 0) is 37.3 Å². The number of para-hydroxylation sites is 1. The molecule has 2 aliphatic heterocycles. The molecule has 1 aromatic rings. The minimum atomic E-state index is -0.607. The fourth-order valence-corrected chi connectivity index (χ4v) is 4.77. The molecule has 24 heavy (non-hydrogen) atoms. The number of hydrogen-bond acceptors (Lipinski definition) is 3. The summed E-state index contributed by atoms with van der Waals surface area (Å²) < 4.78 is 0. The van der Waals surface area contributed by atoms with Gasteiger partial charge in [0.05, 0.1) is 17.6 Å². The second kappa shape index (κ2) is 5.59. The molecule has 5 nitrogen and oxygen atoms in total. The highest BCUT2D eigenvalue weighted by atomic mass is 16.3. The number of aliphatic hydroxyl groups excluding tert-OH is 1. The number of rotatable bonds is 3. The van der Waals surface area contributed by atoms with Crippen LogP contribution in [0.3, 0.4) is 0 Å². The molecule has 3 aliphatic rings. The van der Waals surface area contributed by atoms with E-state index >= 15 is 0 Å². The van der Waals surface area contributed by atoms with E-state index in [2.05, 4.69) is 12.2 Å². The number of nitrogens with one attached hydrogen (secondary N) is 1. The van der Waals surface area contributed by atoms with Crippen molar-refractivity contribution in [3.8, 4) is 0 Å². The maximum Gasteiger partial charge on any atom is 0.237 e. The number of hydrogen-bond donors (Lipinski definition) is 2. The Morgan fingerprint density at radius 3 is 2.83 bits per heavy atom. The van der Waals surface area contributed by atoms with Crippen molar-refractivity contribution in [3.63, 3.8) is 0 Å². The number of carbonyl (C=O) groups is 2. The van der Waals surface area contributed by atoms with Gasteiger partial charge >= 0.3 is 0 Å². The van der Waals surface area contributed by atoms with E-state index in [4.69, 9.17) is 0 Å². The molecule has 1 saturated carbocycles. The van der Waals surface area contributed by atoms with Gasteiger partial charge < -0.3 is 15.3 Å². The number of amides is 2. The highest BCUT2D eigenvalue weighted by molar-refractivity contribution is 6.07. The number of carbonyl (C=O) groups excluding carboxylic acids is 2. The summed E-state index contributed by atoms with van der Waals surface area (Å²) in [6, 6.07) is 7.78. The maximum absolute atomic E-state index is 12.9. The van der Waals surface area contributed by atoms with Crippen LogP contribution in [-0.4, -0.2) is 40.5 Å². The second-order valence-electron chi connectivity index (χ2n) is 7.38. The molecule has 1 aromatic carbocycles. The molecule has 1 saturated heterocycles. The monoisotopic (exact) mass is 328 g/mol. The molecule has 0 bridgehead atoms. The molecule has 1 spiro atoms. The van der Waals surface area contributed by atoms with E-state index in [0.29, 0.717) is 25.8 Å². The van der Waals surface area contributed by atoms with Crippen LogP contribution in [0.2, 0.25) is 0 Å². The summed E-state index contributed by atoms with van der Waals surface area (Å²) in [5, 5.41) is 12.5. The lowest BCUT2D eigenvalue weighted by molar-refractivity contribution is -0.144. The summed E-state index contributed by atoms with van der Waals surface area (Å²) in [4.78, 5) is 27.8. The lowest BCUT2D eigenvalue weighted by Crippen LogP contribution is -2.51. The summed E-state index contributed by atoms with van der Waals surface area (Å²) in [5.41, 5.74) is 1.32. The van der Waals surface area contributed by atoms with E-state index in [9.17, 15) is 14.7 Å². The van der Waals surface area contributed by atoms with Gasteiger partial charge in [0, 0.05) is 18.2 Å². The number of anilines is 1. The van der Waals surface area contributed by atoms with Gasteiger partial charge in [-0.2, -0.15) is 0 Å². The van der Waals surface area contributed by atoms with E-state index in [1.54, 1.807) is 0 Å². The van der Waals surface area contributed by atoms with Crippen molar-refractivity contribution in [2.75, 3.05) is 11.9 Å². The Morgan fingerprint density at radius 1 is 1.38 bits per heavy atom. The lowest BCUT2D eigenvalue weighted by Gasteiger charge is -2.38. The first-order chi connectivity index (χ1) is 11.6. The standard InChI is InChI=1S/C19H24N2O3/c1-2-5-16-19(14-6-3-4-7-15(14)20-18(19)24)8-9-21(16)17(23)12-10-13(22)11-12/h3-4,6-7,12-13,16,22H,2,5,8-11H2,1H3,(H,20,24)/t12?,13?,16-,19+/m0/s1. The van der Waals surface area contributed by atoms with Crippen LogP contribution in [-0.2, 0) is 15.0 Å². The normalized spacial score (nSPS) is 34.2. The second-order valence-corrected chi connectivity index (χ2v) is 7.38. The molecule has 2 atom stereocenters. The Bertz CT molecular complexity index is 683. The lowest BCUT2D eigenvalue weighted by atomic mass is 9.73. The summed E-state index contributed by atoms with van der Waals surface area (Å²) in [7, 11) is 0. The quantitative estimate of drug-likeness (QED) is 0.892. The van der Waals surface area contributed by atoms with Gasteiger partial charge in [-0.1, -0.05) is 31.5 Å². The summed E-state index contributed by atoms with van der Waals surface area (Å²) in [5.74, 6) is 0.0770. The zero-order valence-corrected chi connectivity index (χ0v) is 14.0. The Kier molecular flexibility index (Phi) is 3.64. The highest BCUT2D eigenvalue weighted by Crippen LogP contribution is 2.50. The largest absolute Gasteiger partial charge is 0.393 e. The van der Waals surface area contributed by atoms with Crippen molar-refractivity contribution in [1.29, 1.82) is 0 Å². The van der Waals surface area contributed by atoms with E-state index in [-0.39, 0.29) is 29.9 Å². The van der Waals surface area contributed by atoms with Crippen LogP contribution in [0.25, 0.3) is 0 Å². The van der Waals surface area contributed by atoms with Gasteiger partial charge in [-0.25, -0.2) is 0 Å². The Balaban J connectivity index is 1.69. The van der Waals surface area contributed by atoms with Crippen LogP contribution in [0.5, 0.6) is 0 Å². The maximum atomic E-state index is 12.9. The first-order valence-corrected chi connectivity index (χ1v) is 8.97. The van der Waals surface area contributed by atoms with Crippen molar-refractivity contribution in [2.45, 2.75) is 56.6 Å². The first kappa shape index (κ1) is 15.6. The SMILES string of the molecule is CCC[C@@H]1N(C(=O)C2CC(O)C2)CC[C@]12C(=O)Nc1ccccc12. The number of benzene rings is 1. The molecule has 128 valence electrons. The molecule has 0 radical (unpaired) electrons. The van der Waals surface area contributed by atoms with Gasteiger partial charge in [0.15, 0.2) is 0 Å². The van der Waals surface area contributed by atoms with Crippen molar-refractivity contribution in [2.24, 2.45) is 5.92 Å². The van der Waals surface area contributed by atoms with Gasteiger partial charge in [-0.3, -0.25) is 9.59 Å². The minimum absolute atomic E-state index is 0.0334. The third-order valence-electron chi connectivity index (χ3n) is 6.06. The molecule has 5 heteroatoms. The number of nitrogens with zero attached hydrogens (tertiary/aromatic N) is 1. The number of likely N-dealkylation sites (tertiary alicyclic amines) is 1. The summed E-state index contributed by atoms with van der Waals surface area (Å²) >= 11 is 0. The van der Waals surface area contributed by atoms with Crippen LogP contribution >= 0.6 is 0 Å². The zero-order chi connectivity index (χ0) is 16.9. The fraction of sp³-hybridized carbons (Fsp3) is 0.579. The van der Waals surface area contributed by atoms with Crippen molar-refractivity contribution in [3.05, 3.63) is 29.8 Å². The highest BCUT2D eigenvalue weighted by Gasteiger charge is 2.58. The fourth-order valence-electron chi connectivity index (χ4n) is 4.77. The van der Waals surface area contributed by atoms with Gasteiger partial charge in [-0.15, -0.1) is 0 Å². The van der Waals surface area contributed by atoms with E-state index in [1.807, 2.05) is 29.2 Å². The number of fused-ring (bicyclic) bond motifs is 2. The third-order valence-corrected chi connectivity index (χ3v) is 6.06. The van der Waals surface area contributed by atoms with Crippen molar-refractivity contribution < 1.29 is 14.7 Å². The molecule has 0 unspecified atom stereocenters. The smallest absolute Gasteiger partial charge is 0.237 e. The van der Waals surface area contributed by atoms with Gasteiger partial charge in [0.1, 0.15) is 0 Å². The predicted octanol–water partition coefficient (Wildman–Crippen LogP) is 2.05. The summed E-state index contributed by atoms with van der Waals surface area (Å²) in [6.07, 6.45) is 3.22. The molecular formula is C19H24N2O3. The van der Waals surface area contributed by atoms with Crippen molar-refractivity contribution in [1.82, 2.24) is 4.90 Å². The molecular weight excluding hydrogens is 304 g/mol. The average molecular weight is 328 g/mol. The molecule has 2 heterocycles. The van der Waals surface area contributed by atoms with E-state index in [1.165, 1.54) is 0 Å². The van der Waals surface area contributed by atoms with Crippen LogP contribution in [0.4, 0.5) is 5.69 Å². The van der Waals surface area contributed by atoms with Crippen LogP contribution in [0.15, 0.2) is 24.3 Å². The predicted molar refractivity (Wildman–Crippen MR) is 90.5 cm³/mol. The average Bonchev–Trinajstić information content (AvgIpc) is 3.05. The Hall–Kier alpha value is -1.88. The van der Waals surface area contributed by atoms with Crippen LogP contribution in [0, 0.1) is 5.92 Å². The first-order valence-electron chi connectivity index (χ1n) is 8.97. The third kappa shape index (κ3) is 2.04. The molecule has 2 fully saturated rings. The van der Waals surface area contributed by atoms with E-state index in [0.717, 1.165) is 24.1 Å². The number of aliphatic hydroxyl groups is 1. The molecule has 4 rings (SSSR count). The minimum Gasteiger partial charge on any atom is -0.393 e. The van der Waals surface area contributed by atoms with Crippen molar-refractivity contribution >= 4 is 17.5 Å². The molecule has 2 amide bonds. The van der Waals surface area contributed by atoms with Crippen LogP contribution in [0.1, 0.15) is 44.6 Å². The van der Waals surface area contributed by atoms with E-state index < -0.39 is 5.41 Å². The summed E-state index contributed by atoms with van der Waals surface area (Å²) in [6.45, 7) is 2.72. The molecule has 1 aliphatic carbocycles. The Morgan fingerprint density at radius 2 is 2.12 bits per heavy atom. The van der Waals surface area contributed by atoms with Gasteiger partial charge in [0.25, 0.3) is 0 Å². The van der Waals surface area contributed by atoms with Gasteiger partial charge in [0.2, 0.25) is 11.8 Å². The Labute approximate surface area is 142 Å². The molecule has 2 N–H and O–H groups in total. The topological polar surface area (TPSA) is 69.6 Å².